The summed E-state index contributed by atoms with van der Waals surface area (Å²) in [7, 11) is 0. The Hall–Kier alpha value is -1.61. The van der Waals surface area contributed by atoms with Crippen LogP contribution in [0.4, 0.5) is 17.4 Å². The number of rotatable bonds is 1. The van der Waals surface area contributed by atoms with Crippen molar-refractivity contribution in [2.75, 3.05) is 0 Å². The molecule has 1 aromatic carbocycles. The molecule has 0 saturated carbocycles. The first-order chi connectivity index (χ1) is 11.7. The van der Waals surface area contributed by atoms with Gasteiger partial charge in [-0.1, -0.05) is 6.07 Å². The summed E-state index contributed by atoms with van der Waals surface area (Å²) in [4.78, 5) is 0. The average molecular weight is 476 g/mol. The Labute approximate surface area is 157 Å². The number of benzene rings is 1. The van der Waals surface area contributed by atoms with Gasteiger partial charge in [-0.25, -0.2) is 8.78 Å². The molecular weight excluding hydrogens is 467 g/mol. The van der Waals surface area contributed by atoms with Crippen molar-refractivity contribution in [3.8, 4) is 0 Å². The van der Waals surface area contributed by atoms with E-state index in [2.05, 4.69) is 31.9 Å². The van der Waals surface area contributed by atoms with E-state index in [-0.39, 0.29) is 26.2 Å². The van der Waals surface area contributed by atoms with Crippen LogP contribution < -0.4 is 0 Å². The fourth-order valence-electron chi connectivity index (χ4n) is 3.33. The first-order valence-electron chi connectivity index (χ1n) is 7.34. The van der Waals surface area contributed by atoms with Crippen LogP contribution in [0, 0.1) is 18.6 Å². The van der Waals surface area contributed by atoms with E-state index in [1.54, 1.807) is 12.1 Å². The van der Waals surface area contributed by atoms with Gasteiger partial charge in [0.05, 0.1) is 10.2 Å². The van der Waals surface area contributed by atoms with Gasteiger partial charge in [-0.15, -0.1) is 0 Å². The van der Waals surface area contributed by atoms with Gasteiger partial charge in [0.2, 0.25) is 4.62 Å². The Morgan fingerprint density at radius 2 is 1.76 bits per heavy atom. The minimum Gasteiger partial charge on any atom is -0.389 e. The largest absolute Gasteiger partial charge is 0.738 e. The van der Waals surface area contributed by atoms with Gasteiger partial charge in [0.1, 0.15) is 0 Å². The molecule has 0 bridgehead atoms. The van der Waals surface area contributed by atoms with Gasteiger partial charge in [-0.05, 0) is 52.2 Å². The highest BCUT2D eigenvalue weighted by Crippen LogP contribution is 2.43. The second-order valence-electron chi connectivity index (χ2n) is 5.82. The van der Waals surface area contributed by atoms with E-state index < -0.39 is 18.6 Å². The zero-order valence-electron chi connectivity index (χ0n) is 12.7. The second-order valence-corrected chi connectivity index (χ2v) is 7.44. The number of nitrogens with zero attached hydrogens (tertiary/aromatic N) is 2. The monoisotopic (exact) mass is 474 g/mol. The zero-order chi connectivity index (χ0) is 18.1. The normalized spacial score (nSPS) is 18.0. The van der Waals surface area contributed by atoms with Crippen molar-refractivity contribution in [1.29, 1.82) is 0 Å². The van der Waals surface area contributed by atoms with E-state index >= 15 is 8.63 Å². The molecule has 4 rings (SSSR count). The number of hydrogen-bond acceptors (Lipinski definition) is 0. The van der Waals surface area contributed by atoms with Crippen molar-refractivity contribution >= 4 is 49.0 Å². The maximum absolute atomic E-state index is 15.1. The van der Waals surface area contributed by atoms with E-state index in [1.165, 1.54) is 25.1 Å². The van der Waals surface area contributed by atoms with Gasteiger partial charge < -0.3 is 17.6 Å². The topological polar surface area (TPSA) is 7.94 Å². The van der Waals surface area contributed by atoms with Gasteiger partial charge in [0.25, 0.3) is 0 Å². The van der Waals surface area contributed by atoms with Gasteiger partial charge >= 0.3 is 6.97 Å². The maximum Gasteiger partial charge on any atom is 0.738 e. The Balaban J connectivity index is 2.14. The third kappa shape index (κ3) is 2.18. The van der Waals surface area contributed by atoms with Crippen molar-refractivity contribution in [2.45, 2.75) is 6.92 Å². The highest BCUT2D eigenvalue weighted by molar-refractivity contribution is 9.18. The first kappa shape index (κ1) is 16.8. The molecule has 9 heteroatoms. The van der Waals surface area contributed by atoms with Crippen LogP contribution in [0.15, 0.2) is 46.7 Å². The summed E-state index contributed by atoms with van der Waals surface area (Å²) < 4.78 is 60.0. The number of fused-ring (bicyclic) bond motifs is 2. The van der Waals surface area contributed by atoms with Gasteiger partial charge in [0.15, 0.2) is 17.3 Å². The van der Waals surface area contributed by atoms with Crippen molar-refractivity contribution < 1.29 is 21.9 Å². The lowest BCUT2D eigenvalue weighted by Gasteiger charge is -2.32. The molecule has 128 valence electrons. The third-order valence-corrected chi connectivity index (χ3v) is 5.77. The molecular formula is C16H9BBr2F4N2. The molecule has 2 aromatic rings. The summed E-state index contributed by atoms with van der Waals surface area (Å²) >= 11 is 6.32. The maximum atomic E-state index is 15.1. The quantitative estimate of drug-likeness (QED) is 0.395. The van der Waals surface area contributed by atoms with Crippen LogP contribution >= 0.6 is 31.9 Å². The highest BCUT2D eigenvalue weighted by Gasteiger charge is 2.54. The SMILES string of the molecule is Cc1c(C2=C3C=CC(Br)=[N+]3[B-](F)(F)n3c(Br)ccc32)ccc(F)c1F. The Morgan fingerprint density at radius 3 is 2.48 bits per heavy atom. The molecule has 0 saturated heterocycles. The molecule has 25 heavy (non-hydrogen) atoms. The summed E-state index contributed by atoms with van der Waals surface area (Å²) in [6.45, 7) is -2.71. The molecule has 0 radical (unpaired) electrons. The average Bonchev–Trinajstić information content (AvgIpc) is 3.12. The molecule has 0 N–H and O–H groups in total. The van der Waals surface area contributed by atoms with E-state index in [0.717, 1.165) is 15.0 Å². The van der Waals surface area contributed by atoms with E-state index in [9.17, 15) is 8.78 Å². The van der Waals surface area contributed by atoms with Crippen molar-refractivity contribution in [1.82, 2.24) is 4.48 Å². The molecule has 0 unspecified atom stereocenters. The zero-order valence-corrected chi connectivity index (χ0v) is 15.9. The fraction of sp³-hybridized carbons (Fsp3) is 0.0625. The van der Waals surface area contributed by atoms with Gasteiger partial charge in [-0.2, -0.15) is 0 Å². The lowest BCUT2D eigenvalue weighted by atomic mass is 9.85. The highest BCUT2D eigenvalue weighted by atomic mass is 79.9. The third-order valence-electron chi connectivity index (χ3n) is 4.48. The number of aromatic nitrogens is 1. The summed E-state index contributed by atoms with van der Waals surface area (Å²) in [5.41, 5.74) is 1.33. The summed E-state index contributed by atoms with van der Waals surface area (Å²) in [5, 5.41) is 0. The Kier molecular flexibility index (Phi) is 3.67. The molecule has 0 atom stereocenters. The summed E-state index contributed by atoms with van der Waals surface area (Å²) in [6, 6.07) is 5.48. The smallest absolute Gasteiger partial charge is 0.389 e. The van der Waals surface area contributed by atoms with E-state index in [1.807, 2.05) is 0 Å². The second kappa shape index (κ2) is 5.44. The van der Waals surface area contributed by atoms with Crippen LogP contribution in [0.25, 0.3) is 5.57 Å². The van der Waals surface area contributed by atoms with E-state index in [4.69, 9.17) is 0 Å². The van der Waals surface area contributed by atoms with Crippen molar-refractivity contribution in [3.63, 3.8) is 0 Å². The summed E-state index contributed by atoms with van der Waals surface area (Å²) in [5.74, 6) is -1.96. The summed E-state index contributed by atoms with van der Waals surface area (Å²) in [6.07, 6.45) is 3.06. The predicted molar refractivity (Wildman–Crippen MR) is 96.0 cm³/mol. The van der Waals surface area contributed by atoms with Crippen molar-refractivity contribution in [2.24, 2.45) is 0 Å². The van der Waals surface area contributed by atoms with Crippen LogP contribution in [0.5, 0.6) is 0 Å². The minimum absolute atomic E-state index is 0.0699. The molecule has 0 aliphatic carbocycles. The Morgan fingerprint density at radius 1 is 1.04 bits per heavy atom. The first-order valence-corrected chi connectivity index (χ1v) is 8.92. The van der Waals surface area contributed by atoms with Gasteiger partial charge in [-0.3, -0.25) is 0 Å². The van der Waals surface area contributed by atoms with Gasteiger partial charge in [0, 0.05) is 33.8 Å². The molecule has 1 aromatic heterocycles. The van der Waals surface area contributed by atoms with Crippen LogP contribution in [-0.2, 0) is 0 Å². The van der Waals surface area contributed by atoms with Crippen LogP contribution in [-0.4, -0.2) is 20.6 Å². The minimum atomic E-state index is -4.14. The molecule has 2 aliphatic heterocycles. The van der Waals surface area contributed by atoms with Crippen molar-refractivity contribution in [3.05, 3.63) is 75.2 Å². The standard InChI is InChI=1S/C16H9BBr2F4N2/c1-8-9(2-3-10(20)16(8)21)15-11-4-6-13(18)24(11)17(22,23)25-12(15)5-7-14(25)19/h2-7H,1H3. The number of halogens is 6. The number of allylic oxidation sites excluding steroid dienone is 2. The predicted octanol–water partition coefficient (Wildman–Crippen LogP) is 5.21. The molecule has 0 fully saturated rings. The molecule has 3 heterocycles. The van der Waals surface area contributed by atoms with Crippen LogP contribution in [0.2, 0.25) is 0 Å². The molecule has 2 nitrogen and oxygen atoms in total. The number of hydrogen-bond donors (Lipinski definition) is 0. The van der Waals surface area contributed by atoms with Crippen LogP contribution in [0.1, 0.15) is 16.8 Å². The molecule has 0 spiro atoms. The molecule has 0 amide bonds. The lowest BCUT2D eigenvalue weighted by molar-refractivity contribution is -0.358. The Bertz CT molecular complexity index is 1040. The van der Waals surface area contributed by atoms with Crippen LogP contribution in [0.3, 0.4) is 0 Å². The molecule has 2 aliphatic rings. The van der Waals surface area contributed by atoms with E-state index in [0.29, 0.717) is 11.1 Å². The lowest BCUT2D eigenvalue weighted by Crippen LogP contribution is -2.50. The fourth-order valence-corrected chi connectivity index (χ4v) is 4.47.